The molecule has 7 heteroatoms. The van der Waals surface area contributed by atoms with Gasteiger partial charge in [-0.25, -0.2) is 0 Å². The molecule has 84 valence electrons. The van der Waals surface area contributed by atoms with Gasteiger partial charge < -0.3 is 10.6 Å². The van der Waals surface area contributed by atoms with Crippen molar-refractivity contribution in [1.82, 2.24) is 15.0 Å². The summed E-state index contributed by atoms with van der Waals surface area (Å²) < 4.78 is 0. The van der Waals surface area contributed by atoms with E-state index in [4.69, 9.17) is 17.3 Å². The fraction of sp³-hybridized carbons (Fsp3) is 0.625. The molecule has 2 N–H and O–H groups in total. The Morgan fingerprint density at radius 2 is 2.13 bits per heavy atom. The highest BCUT2D eigenvalue weighted by Crippen LogP contribution is 2.14. The van der Waals surface area contributed by atoms with Crippen molar-refractivity contribution in [3.05, 3.63) is 5.28 Å². The summed E-state index contributed by atoms with van der Waals surface area (Å²) in [4.78, 5) is 13.7. The number of thioether (sulfide) groups is 1. The van der Waals surface area contributed by atoms with E-state index in [2.05, 4.69) is 28.1 Å². The van der Waals surface area contributed by atoms with E-state index in [0.717, 1.165) is 5.75 Å². The first-order valence-corrected chi connectivity index (χ1v) is 6.20. The Hall–Kier alpha value is -0.750. The number of nitrogens with zero attached hydrogens (tertiary/aromatic N) is 4. The molecule has 0 saturated carbocycles. The molecule has 0 aliphatic heterocycles. The van der Waals surface area contributed by atoms with Crippen LogP contribution in [0, 0.1) is 0 Å². The van der Waals surface area contributed by atoms with Gasteiger partial charge in [0.05, 0.1) is 0 Å². The van der Waals surface area contributed by atoms with Crippen molar-refractivity contribution in [2.75, 3.05) is 29.7 Å². The Balaban J connectivity index is 2.85. The van der Waals surface area contributed by atoms with E-state index in [9.17, 15) is 0 Å². The SMILES string of the molecule is CSCC(C)N(C)c1nc(N)nc(Cl)n1. The van der Waals surface area contributed by atoms with Gasteiger partial charge in [-0.3, -0.25) is 0 Å². The Morgan fingerprint density at radius 3 is 2.67 bits per heavy atom. The molecule has 0 aliphatic carbocycles. The van der Waals surface area contributed by atoms with Gasteiger partial charge in [-0.2, -0.15) is 26.7 Å². The molecular formula is C8H14ClN5S. The average molecular weight is 248 g/mol. The monoisotopic (exact) mass is 247 g/mol. The van der Waals surface area contributed by atoms with E-state index in [-0.39, 0.29) is 11.2 Å². The Morgan fingerprint density at radius 1 is 1.47 bits per heavy atom. The van der Waals surface area contributed by atoms with Crippen LogP contribution in [-0.2, 0) is 0 Å². The van der Waals surface area contributed by atoms with Crippen molar-refractivity contribution in [1.29, 1.82) is 0 Å². The normalized spacial score (nSPS) is 12.5. The molecule has 5 nitrogen and oxygen atoms in total. The van der Waals surface area contributed by atoms with Crippen LogP contribution in [-0.4, -0.2) is 40.1 Å². The predicted octanol–water partition coefficient (Wildman–Crippen LogP) is 1.29. The third-order valence-corrected chi connectivity index (χ3v) is 2.98. The quantitative estimate of drug-likeness (QED) is 0.865. The summed E-state index contributed by atoms with van der Waals surface area (Å²) in [6.45, 7) is 2.09. The average Bonchev–Trinajstić information content (AvgIpc) is 2.15. The molecule has 1 unspecified atom stereocenters. The van der Waals surface area contributed by atoms with Crippen LogP contribution in [0.15, 0.2) is 0 Å². The first-order valence-electron chi connectivity index (χ1n) is 4.43. The van der Waals surface area contributed by atoms with Gasteiger partial charge in [-0.1, -0.05) is 0 Å². The number of anilines is 2. The van der Waals surface area contributed by atoms with Gasteiger partial charge in [0, 0.05) is 18.8 Å². The molecule has 0 saturated heterocycles. The molecule has 1 atom stereocenters. The van der Waals surface area contributed by atoms with Crippen molar-refractivity contribution in [3.8, 4) is 0 Å². The van der Waals surface area contributed by atoms with Crippen LogP contribution >= 0.6 is 23.4 Å². The van der Waals surface area contributed by atoms with Crippen LogP contribution < -0.4 is 10.6 Å². The van der Waals surface area contributed by atoms with Crippen LogP contribution in [0.4, 0.5) is 11.9 Å². The fourth-order valence-electron chi connectivity index (χ4n) is 1.06. The molecule has 0 aliphatic rings. The number of nitrogen functional groups attached to an aromatic ring is 1. The van der Waals surface area contributed by atoms with E-state index in [0.29, 0.717) is 12.0 Å². The minimum Gasteiger partial charge on any atom is -0.368 e. The maximum atomic E-state index is 5.70. The first kappa shape index (κ1) is 12.3. The lowest BCUT2D eigenvalue weighted by Crippen LogP contribution is -2.32. The molecule has 15 heavy (non-hydrogen) atoms. The topological polar surface area (TPSA) is 67.9 Å². The summed E-state index contributed by atoms with van der Waals surface area (Å²) in [5, 5.41) is 0.126. The lowest BCUT2D eigenvalue weighted by atomic mass is 10.3. The molecule has 0 aromatic carbocycles. The Labute approximate surface area is 98.4 Å². The molecule has 1 heterocycles. The maximum absolute atomic E-state index is 5.70. The van der Waals surface area contributed by atoms with Gasteiger partial charge >= 0.3 is 0 Å². The number of rotatable bonds is 4. The van der Waals surface area contributed by atoms with E-state index in [1.54, 1.807) is 11.8 Å². The van der Waals surface area contributed by atoms with Crippen molar-refractivity contribution in [3.63, 3.8) is 0 Å². The summed E-state index contributed by atoms with van der Waals surface area (Å²) in [6, 6.07) is 0.317. The van der Waals surface area contributed by atoms with Crippen molar-refractivity contribution >= 4 is 35.3 Å². The molecule has 1 aromatic rings. The second-order valence-electron chi connectivity index (χ2n) is 3.18. The van der Waals surface area contributed by atoms with E-state index < -0.39 is 0 Å². The number of nitrogens with two attached hydrogens (primary N) is 1. The van der Waals surface area contributed by atoms with Gasteiger partial charge in [-0.15, -0.1) is 0 Å². The van der Waals surface area contributed by atoms with Crippen LogP contribution in [0.2, 0.25) is 5.28 Å². The number of hydrogen-bond acceptors (Lipinski definition) is 6. The largest absolute Gasteiger partial charge is 0.368 e. The molecule has 1 aromatic heterocycles. The molecule has 0 spiro atoms. The van der Waals surface area contributed by atoms with Crippen molar-refractivity contribution < 1.29 is 0 Å². The zero-order chi connectivity index (χ0) is 11.4. The Kier molecular flexibility index (Phi) is 4.41. The zero-order valence-electron chi connectivity index (χ0n) is 8.94. The molecule has 1 rings (SSSR count). The van der Waals surface area contributed by atoms with Crippen LogP contribution in [0.5, 0.6) is 0 Å². The van der Waals surface area contributed by atoms with Gasteiger partial charge in [0.1, 0.15) is 0 Å². The van der Waals surface area contributed by atoms with Gasteiger partial charge in [0.25, 0.3) is 0 Å². The molecular weight excluding hydrogens is 234 g/mol. The summed E-state index contributed by atoms with van der Waals surface area (Å²) in [6.07, 6.45) is 2.05. The zero-order valence-corrected chi connectivity index (χ0v) is 10.5. The fourth-order valence-corrected chi connectivity index (χ4v) is 1.93. The van der Waals surface area contributed by atoms with Gasteiger partial charge in [0.15, 0.2) is 0 Å². The Bertz CT molecular complexity index is 315. The lowest BCUT2D eigenvalue weighted by molar-refractivity contribution is 0.736. The van der Waals surface area contributed by atoms with Crippen LogP contribution in [0.3, 0.4) is 0 Å². The predicted molar refractivity (Wildman–Crippen MR) is 65.5 cm³/mol. The second kappa shape index (κ2) is 5.37. The highest BCUT2D eigenvalue weighted by molar-refractivity contribution is 7.98. The third kappa shape index (κ3) is 3.39. The van der Waals surface area contributed by atoms with Crippen LogP contribution in [0.1, 0.15) is 6.92 Å². The van der Waals surface area contributed by atoms with E-state index in [1.165, 1.54) is 0 Å². The smallest absolute Gasteiger partial charge is 0.231 e. The van der Waals surface area contributed by atoms with E-state index in [1.807, 2.05) is 11.9 Å². The highest BCUT2D eigenvalue weighted by atomic mass is 35.5. The number of hydrogen-bond donors (Lipinski definition) is 1. The number of halogens is 1. The minimum atomic E-state index is 0.126. The lowest BCUT2D eigenvalue weighted by Gasteiger charge is -2.24. The summed E-state index contributed by atoms with van der Waals surface area (Å²) in [7, 11) is 1.91. The highest BCUT2D eigenvalue weighted by Gasteiger charge is 2.13. The molecule has 0 amide bonds. The first-order chi connectivity index (χ1) is 7.04. The maximum Gasteiger partial charge on any atom is 0.231 e. The molecule has 0 bridgehead atoms. The van der Waals surface area contributed by atoms with Crippen molar-refractivity contribution in [2.45, 2.75) is 13.0 Å². The van der Waals surface area contributed by atoms with Crippen molar-refractivity contribution in [2.24, 2.45) is 0 Å². The molecule has 0 radical (unpaired) electrons. The number of aromatic nitrogens is 3. The third-order valence-electron chi connectivity index (χ3n) is 2.00. The standard InChI is InChI=1S/C8H14ClN5S/c1-5(4-15-3)14(2)8-12-6(9)11-7(10)13-8/h5H,4H2,1-3H3,(H2,10,11,12,13). The summed E-state index contributed by atoms with van der Waals surface area (Å²) >= 11 is 7.47. The summed E-state index contributed by atoms with van der Waals surface area (Å²) in [5.41, 5.74) is 5.49. The van der Waals surface area contributed by atoms with Gasteiger partial charge in [0.2, 0.25) is 17.2 Å². The second-order valence-corrected chi connectivity index (χ2v) is 4.43. The van der Waals surface area contributed by atoms with Gasteiger partial charge in [-0.05, 0) is 24.8 Å². The molecule has 0 fully saturated rings. The van der Waals surface area contributed by atoms with E-state index >= 15 is 0 Å². The van der Waals surface area contributed by atoms with Crippen LogP contribution in [0.25, 0.3) is 0 Å². The summed E-state index contributed by atoms with van der Waals surface area (Å²) in [5.74, 6) is 1.64. The minimum absolute atomic E-state index is 0.126.